The number of aryl methyl sites for hydroxylation is 1. The average molecular weight is 344 g/mol. The Hall–Kier alpha value is -2.68. The molecule has 1 N–H and O–H groups in total. The van der Waals surface area contributed by atoms with Gasteiger partial charge in [-0.2, -0.15) is 4.68 Å². The summed E-state index contributed by atoms with van der Waals surface area (Å²) in [5.41, 5.74) is 1.60. The molecule has 3 aromatic rings. The number of nitrogens with one attached hydrogen (secondary N) is 1. The Morgan fingerprint density at radius 1 is 1.38 bits per heavy atom. The molecule has 0 aliphatic heterocycles. The molecular weight excluding hydrogens is 328 g/mol. The van der Waals surface area contributed by atoms with Gasteiger partial charge < -0.3 is 4.52 Å². The molecule has 0 fully saturated rings. The number of rotatable bonds is 6. The Bertz CT molecular complexity index is 816. The van der Waals surface area contributed by atoms with E-state index in [0.29, 0.717) is 23.2 Å². The van der Waals surface area contributed by atoms with Crippen LogP contribution in [0.5, 0.6) is 0 Å². The summed E-state index contributed by atoms with van der Waals surface area (Å²) >= 11 is 1.44. The lowest BCUT2D eigenvalue weighted by Crippen LogP contribution is -2.22. The van der Waals surface area contributed by atoms with Crippen LogP contribution in [0.15, 0.2) is 40.9 Å². The Morgan fingerprint density at radius 2 is 2.17 bits per heavy atom. The van der Waals surface area contributed by atoms with E-state index in [1.54, 1.807) is 17.7 Å². The highest BCUT2D eigenvalue weighted by Crippen LogP contribution is 2.19. The second-order valence-electron chi connectivity index (χ2n) is 5.12. The fourth-order valence-electron chi connectivity index (χ4n) is 1.99. The standard InChI is InChI=1S/C15H16N6O2S/c1-10-8-14(23-18-10)16-15(22)11(2)24-9-13-17-19-20-21(13)12-6-4-3-5-7-12/h3-8,11H,9H2,1-2H3,(H,16,22)/t11-/m1/s1. The summed E-state index contributed by atoms with van der Waals surface area (Å²) in [5, 5.41) is 17.9. The summed E-state index contributed by atoms with van der Waals surface area (Å²) in [6.07, 6.45) is 0. The van der Waals surface area contributed by atoms with Crippen LogP contribution in [0.3, 0.4) is 0 Å². The van der Waals surface area contributed by atoms with Crippen LogP contribution in [0.2, 0.25) is 0 Å². The fraction of sp³-hybridized carbons (Fsp3) is 0.267. The first-order valence-electron chi connectivity index (χ1n) is 7.32. The minimum absolute atomic E-state index is 0.158. The molecule has 0 saturated carbocycles. The van der Waals surface area contributed by atoms with Gasteiger partial charge in [0.1, 0.15) is 0 Å². The van der Waals surface area contributed by atoms with E-state index >= 15 is 0 Å². The van der Waals surface area contributed by atoms with Gasteiger partial charge in [-0.15, -0.1) is 16.9 Å². The minimum atomic E-state index is -0.295. The molecule has 0 spiro atoms. The van der Waals surface area contributed by atoms with Crippen molar-refractivity contribution in [2.75, 3.05) is 5.32 Å². The van der Waals surface area contributed by atoms with Crippen molar-refractivity contribution < 1.29 is 9.32 Å². The van der Waals surface area contributed by atoms with E-state index in [2.05, 4.69) is 26.0 Å². The second kappa shape index (κ2) is 7.26. The van der Waals surface area contributed by atoms with Gasteiger partial charge in [-0.25, -0.2) is 0 Å². The van der Waals surface area contributed by atoms with Gasteiger partial charge in [-0.1, -0.05) is 23.4 Å². The number of amides is 1. The van der Waals surface area contributed by atoms with Crippen molar-refractivity contribution in [3.63, 3.8) is 0 Å². The van der Waals surface area contributed by atoms with Gasteiger partial charge in [-0.3, -0.25) is 10.1 Å². The van der Waals surface area contributed by atoms with Crippen LogP contribution >= 0.6 is 11.8 Å². The van der Waals surface area contributed by atoms with Crippen LogP contribution in [-0.2, 0) is 10.5 Å². The highest BCUT2D eigenvalue weighted by molar-refractivity contribution is 7.99. The molecule has 3 rings (SSSR count). The first-order chi connectivity index (χ1) is 11.6. The smallest absolute Gasteiger partial charge is 0.239 e. The molecule has 1 amide bonds. The van der Waals surface area contributed by atoms with E-state index in [1.165, 1.54) is 11.8 Å². The molecule has 8 nitrogen and oxygen atoms in total. The van der Waals surface area contributed by atoms with Crippen LogP contribution in [0.4, 0.5) is 5.88 Å². The zero-order chi connectivity index (χ0) is 16.9. The third-order valence-corrected chi connectivity index (χ3v) is 4.38. The number of anilines is 1. The predicted octanol–water partition coefficient (Wildman–Crippen LogP) is 2.22. The molecule has 24 heavy (non-hydrogen) atoms. The normalized spacial score (nSPS) is 12.1. The van der Waals surface area contributed by atoms with Crippen LogP contribution < -0.4 is 5.32 Å². The molecule has 0 aliphatic rings. The first-order valence-corrected chi connectivity index (χ1v) is 8.37. The summed E-state index contributed by atoms with van der Waals surface area (Å²) in [6.45, 7) is 3.61. The van der Waals surface area contributed by atoms with Gasteiger partial charge in [0.2, 0.25) is 11.8 Å². The molecule has 2 heterocycles. The summed E-state index contributed by atoms with van der Waals surface area (Å²) in [4.78, 5) is 12.2. The second-order valence-corrected chi connectivity index (χ2v) is 6.45. The Balaban J connectivity index is 1.60. The van der Waals surface area contributed by atoms with Crippen LogP contribution in [0, 0.1) is 6.92 Å². The number of hydrogen-bond acceptors (Lipinski definition) is 7. The maximum Gasteiger partial charge on any atom is 0.239 e. The van der Waals surface area contributed by atoms with Crippen molar-refractivity contribution in [2.45, 2.75) is 24.9 Å². The van der Waals surface area contributed by atoms with E-state index in [0.717, 1.165) is 5.69 Å². The fourth-order valence-corrected chi connectivity index (χ4v) is 2.78. The van der Waals surface area contributed by atoms with Crippen molar-refractivity contribution >= 4 is 23.6 Å². The summed E-state index contributed by atoms with van der Waals surface area (Å²) in [6, 6.07) is 11.3. The molecule has 0 radical (unpaired) electrons. The minimum Gasteiger partial charge on any atom is -0.338 e. The highest BCUT2D eigenvalue weighted by atomic mass is 32.2. The molecule has 0 saturated heterocycles. The number of thioether (sulfide) groups is 1. The maximum atomic E-state index is 12.2. The first kappa shape index (κ1) is 16.2. The monoisotopic (exact) mass is 344 g/mol. The third kappa shape index (κ3) is 3.80. The number of nitrogens with zero attached hydrogens (tertiary/aromatic N) is 5. The van der Waals surface area contributed by atoms with Crippen LogP contribution in [0.25, 0.3) is 5.69 Å². The van der Waals surface area contributed by atoms with Gasteiger partial charge in [0, 0.05) is 6.07 Å². The molecular formula is C15H16N6O2S. The Kier molecular flexibility index (Phi) is 4.90. The molecule has 1 aromatic carbocycles. The van der Waals surface area contributed by atoms with Crippen LogP contribution in [-0.4, -0.2) is 36.5 Å². The lowest BCUT2D eigenvalue weighted by molar-refractivity contribution is -0.115. The molecule has 0 bridgehead atoms. The quantitative estimate of drug-likeness (QED) is 0.732. The Labute approximate surface area is 142 Å². The number of carbonyl (C=O) groups is 1. The number of tetrazole rings is 1. The Morgan fingerprint density at radius 3 is 2.88 bits per heavy atom. The van der Waals surface area contributed by atoms with E-state index in [9.17, 15) is 4.79 Å². The molecule has 9 heteroatoms. The van der Waals surface area contributed by atoms with E-state index < -0.39 is 0 Å². The highest BCUT2D eigenvalue weighted by Gasteiger charge is 2.17. The van der Waals surface area contributed by atoms with Crippen molar-refractivity contribution in [3.05, 3.63) is 47.9 Å². The number of aromatic nitrogens is 5. The zero-order valence-electron chi connectivity index (χ0n) is 13.2. The third-order valence-electron chi connectivity index (χ3n) is 3.24. The molecule has 0 unspecified atom stereocenters. The van der Waals surface area contributed by atoms with Gasteiger partial charge in [0.25, 0.3) is 0 Å². The molecule has 2 aromatic heterocycles. The van der Waals surface area contributed by atoms with E-state index in [1.807, 2.05) is 37.3 Å². The number of benzene rings is 1. The van der Waals surface area contributed by atoms with Gasteiger partial charge >= 0.3 is 0 Å². The van der Waals surface area contributed by atoms with Crippen molar-refractivity contribution in [1.82, 2.24) is 25.4 Å². The van der Waals surface area contributed by atoms with Crippen molar-refractivity contribution in [2.24, 2.45) is 0 Å². The number of para-hydroxylation sites is 1. The molecule has 124 valence electrons. The zero-order valence-corrected chi connectivity index (χ0v) is 14.0. The lowest BCUT2D eigenvalue weighted by atomic mass is 10.3. The number of carbonyl (C=O) groups excluding carboxylic acids is 1. The van der Waals surface area contributed by atoms with Crippen molar-refractivity contribution in [1.29, 1.82) is 0 Å². The topological polar surface area (TPSA) is 98.7 Å². The summed E-state index contributed by atoms with van der Waals surface area (Å²) < 4.78 is 6.65. The van der Waals surface area contributed by atoms with Crippen LogP contribution in [0.1, 0.15) is 18.4 Å². The summed E-state index contributed by atoms with van der Waals surface area (Å²) in [7, 11) is 0. The largest absolute Gasteiger partial charge is 0.338 e. The maximum absolute atomic E-state index is 12.2. The van der Waals surface area contributed by atoms with E-state index in [-0.39, 0.29) is 11.2 Å². The van der Waals surface area contributed by atoms with Gasteiger partial charge in [0.15, 0.2) is 5.82 Å². The van der Waals surface area contributed by atoms with Gasteiger partial charge in [0.05, 0.1) is 22.4 Å². The number of hydrogen-bond donors (Lipinski definition) is 1. The van der Waals surface area contributed by atoms with E-state index in [4.69, 9.17) is 4.52 Å². The molecule has 0 aliphatic carbocycles. The van der Waals surface area contributed by atoms with Crippen molar-refractivity contribution in [3.8, 4) is 5.69 Å². The van der Waals surface area contributed by atoms with Gasteiger partial charge in [-0.05, 0) is 36.4 Å². The summed E-state index contributed by atoms with van der Waals surface area (Å²) in [5.74, 6) is 1.38. The lowest BCUT2D eigenvalue weighted by Gasteiger charge is -2.10. The SMILES string of the molecule is Cc1cc(NC(=O)[C@@H](C)SCc2nnnn2-c2ccccc2)on1. The predicted molar refractivity (Wildman–Crippen MR) is 89.8 cm³/mol. The average Bonchev–Trinajstić information content (AvgIpc) is 3.22. The molecule has 1 atom stereocenters.